The standard InChI is InChI=1S/C16H22O2.C16H20O2.CH3.Pd/c2*1-18-16(17)12-9-13-7-10-15(11-8-13)14-5-3-2-4-6-14;;/h2-6,13,15H,7-12H2,1H3;2-6,9,12-13,15H,7-8,10-11H2,1H3;1H3;/q;;-1;/b;12-9+;;. The number of methoxy groups -OCH3 is 2. The number of ether oxygens (including phenoxy) is 2. The third kappa shape index (κ3) is 11.7. The maximum absolute atomic E-state index is 11.1. The molecule has 2 saturated carbocycles. The van der Waals surface area contributed by atoms with E-state index in [1.807, 2.05) is 6.08 Å². The Labute approximate surface area is 244 Å². The fourth-order valence-electron chi connectivity index (χ4n) is 5.59. The van der Waals surface area contributed by atoms with E-state index in [0.717, 1.165) is 25.2 Å². The summed E-state index contributed by atoms with van der Waals surface area (Å²) in [6.45, 7) is 0. The van der Waals surface area contributed by atoms with Crippen LogP contribution < -0.4 is 0 Å². The van der Waals surface area contributed by atoms with Gasteiger partial charge in [0.15, 0.2) is 0 Å². The smallest absolute Gasteiger partial charge is 0.330 e. The van der Waals surface area contributed by atoms with Gasteiger partial charge in [-0.05, 0) is 92.6 Å². The minimum absolute atomic E-state index is 0. The number of carbonyl (C=O) groups is 2. The third-order valence-corrected chi connectivity index (χ3v) is 7.85. The SMILES string of the molecule is COC(=O)/C=C/C1CCC(c2ccccc2)CC1.COC(=O)CCC1CCC(c2ccccc2)CC1.[CH3-].[Pd]. The summed E-state index contributed by atoms with van der Waals surface area (Å²) >= 11 is 0. The monoisotopic (exact) mass is 611 g/mol. The summed E-state index contributed by atoms with van der Waals surface area (Å²) in [5, 5.41) is 0. The van der Waals surface area contributed by atoms with Gasteiger partial charge in [-0.2, -0.15) is 0 Å². The van der Waals surface area contributed by atoms with Crippen molar-refractivity contribution in [3.63, 3.8) is 0 Å². The van der Waals surface area contributed by atoms with E-state index in [4.69, 9.17) is 4.74 Å². The molecule has 2 aromatic carbocycles. The number of rotatable bonds is 7. The van der Waals surface area contributed by atoms with E-state index in [1.54, 1.807) is 6.08 Å². The molecule has 2 aromatic rings. The molecule has 0 aliphatic heterocycles. The molecule has 2 aliphatic rings. The van der Waals surface area contributed by atoms with Crippen molar-refractivity contribution in [3.8, 4) is 0 Å². The van der Waals surface area contributed by atoms with Crippen molar-refractivity contribution in [2.24, 2.45) is 11.8 Å². The molecule has 0 aromatic heterocycles. The van der Waals surface area contributed by atoms with Gasteiger partial charge in [-0.15, -0.1) is 0 Å². The number of carbonyl (C=O) groups excluding carboxylic acids is 2. The number of hydrogen-bond donors (Lipinski definition) is 0. The van der Waals surface area contributed by atoms with Crippen LogP contribution in [0.4, 0.5) is 0 Å². The van der Waals surface area contributed by atoms with Crippen molar-refractivity contribution in [3.05, 3.63) is 91.4 Å². The zero-order chi connectivity index (χ0) is 25.6. The second-order valence-electron chi connectivity index (χ2n) is 10.1. The van der Waals surface area contributed by atoms with Crippen LogP contribution >= 0.6 is 0 Å². The molecule has 0 N–H and O–H groups in total. The summed E-state index contributed by atoms with van der Waals surface area (Å²) < 4.78 is 9.30. The van der Waals surface area contributed by atoms with Gasteiger partial charge < -0.3 is 16.9 Å². The average molecular weight is 612 g/mol. The van der Waals surface area contributed by atoms with E-state index in [0.29, 0.717) is 24.2 Å². The minimum atomic E-state index is -0.250. The van der Waals surface area contributed by atoms with Gasteiger partial charge in [0, 0.05) is 32.9 Å². The quantitative estimate of drug-likeness (QED) is 0.138. The van der Waals surface area contributed by atoms with Crippen LogP contribution in [0, 0.1) is 19.3 Å². The molecule has 2 aliphatic carbocycles. The normalized spacial score (nSPS) is 22.6. The van der Waals surface area contributed by atoms with Crippen LogP contribution in [-0.2, 0) is 39.5 Å². The van der Waals surface area contributed by atoms with Gasteiger partial charge >= 0.3 is 11.9 Å². The van der Waals surface area contributed by atoms with Gasteiger partial charge in [0.25, 0.3) is 0 Å². The van der Waals surface area contributed by atoms with Crippen molar-refractivity contribution in [1.29, 1.82) is 0 Å². The van der Waals surface area contributed by atoms with E-state index in [9.17, 15) is 9.59 Å². The molecule has 0 radical (unpaired) electrons. The maximum Gasteiger partial charge on any atom is 0.330 e. The van der Waals surface area contributed by atoms with Crippen molar-refractivity contribution in [2.75, 3.05) is 14.2 Å². The summed E-state index contributed by atoms with van der Waals surface area (Å²) in [6, 6.07) is 21.5. The molecule has 5 heteroatoms. The Morgan fingerprint density at radius 2 is 1.21 bits per heavy atom. The largest absolute Gasteiger partial charge is 0.469 e. The van der Waals surface area contributed by atoms with Crippen molar-refractivity contribution in [2.45, 2.75) is 76.0 Å². The number of esters is 2. The Bertz CT molecular complexity index is 928. The van der Waals surface area contributed by atoms with Gasteiger partial charge in [0.2, 0.25) is 0 Å². The van der Waals surface area contributed by atoms with Crippen LogP contribution in [0.5, 0.6) is 0 Å². The Kier molecular flexibility index (Phi) is 16.9. The fraction of sp³-hybridized carbons (Fsp3) is 0.485. The first kappa shape index (κ1) is 33.8. The van der Waals surface area contributed by atoms with E-state index in [2.05, 4.69) is 65.4 Å². The van der Waals surface area contributed by atoms with E-state index >= 15 is 0 Å². The molecular weight excluding hydrogens is 567 g/mol. The molecular formula is C33H45O4Pd-. The second-order valence-corrected chi connectivity index (χ2v) is 10.1. The summed E-state index contributed by atoms with van der Waals surface area (Å²) in [6.07, 6.45) is 14.9. The first-order valence-electron chi connectivity index (χ1n) is 13.5. The Morgan fingerprint density at radius 1 is 0.737 bits per heavy atom. The molecule has 0 amide bonds. The van der Waals surface area contributed by atoms with Crippen LogP contribution in [0.15, 0.2) is 72.8 Å². The summed E-state index contributed by atoms with van der Waals surface area (Å²) in [7, 11) is 2.88. The minimum Gasteiger partial charge on any atom is -0.469 e. The van der Waals surface area contributed by atoms with Gasteiger partial charge in [0.1, 0.15) is 0 Å². The maximum atomic E-state index is 11.1. The van der Waals surface area contributed by atoms with E-state index in [1.165, 1.54) is 63.9 Å². The first-order valence-corrected chi connectivity index (χ1v) is 13.5. The predicted octanol–water partition coefficient (Wildman–Crippen LogP) is 8.05. The molecule has 0 heterocycles. The molecule has 0 unspecified atom stereocenters. The summed E-state index contributed by atoms with van der Waals surface area (Å²) in [5.74, 6) is 2.34. The third-order valence-electron chi connectivity index (χ3n) is 7.85. The number of allylic oxidation sites excluding steroid dienone is 1. The van der Waals surface area contributed by atoms with Crippen molar-refractivity contribution < 1.29 is 39.5 Å². The predicted molar refractivity (Wildman–Crippen MR) is 151 cm³/mol. The molecule has 0 atom stereocenters. The van der Waals surface area contributed by atoms with Crippen molar-refractivity contribution in [1.82, 2.24) is 0 Å². The second kappa shape index (κ2) is 18.9. The van der Waals surface area contributed by atoms with Gasteiger partial charge in [-0.3, -0.25) is 4.79 Å². The summed E-state index contributed by atoms with van der Waals surface area (Å²) in [4.78, 5) is 22.1. The molecule has 212 valence electrons. The topological polar surface area (TPSA) is 52.6 Å². The summed E-state index contributed by atoms with van der Waals surface area (Å²) in [5.41, 5.74) is 2.93. The average Bonchev–Trinajstić information content (AvgIpc) is 2.96. The van der Waals surface area contributed by atoms with E-state index in [-0.39, 0.29) is 39.8 Å². The Hall–Kier alpha value is -2.22. The zero-order valence-electron chi connectivity index (χ0n) is 23.3. The molecule has 4 rings (SSSR count). The number of hydrogen-bond acceptors (Lipinski definition) is 4. The zero-order valence-corrected chi connectivity index (χ0v) is 24.8. The van der Waals surface area contributed by atoms with Gasteiger partial charge in [-0.1, -0.05) is 66.7 Å². The Morgan fingerprint density at radius 3 is 1.66 bits per heavy atom. The molecule has 0 saturated heterocycles. The van der Waals surface area contributed by atoms with Crippen LogP contribution in [0.2, 0.25) is 0 Å². The molecule has 0 spiro atoms. The van der Waals surface area contributed by atoms with Crippen LogP contribution in [0.25, 0.3) is 0 Å². The molecule has 2 fully saturated rings. The Balaban J connectivity index is 0.000000361. The van der Waals surface area contributed by atoms with Gasteiger partial charge in [0.05, 0.1) is 14.2 Å². The van der Waals surface area contributed by atoms with Gasteiger partial charge in [-0.25, -0.2) is 4.79 Å². The molecule has 4 nitrogen and oxygen atoms in total. The van der Waals surface area contributed by atoms with Crippen LogP contribution in [0.1, 0.15) is 87.2 Å². The fourth-order valence-corrected chi connectivity index (χ4v) is 5.59. The van der Waals surface area contributed by atoms with E-state index < -0.39 is 0 Å². The molecule has 38 heavy (non-hydrogen) atoms. The van der Waals surface area contributed by atoms with Crippen molar-refractivity contribution >= 4 is 11.9 Å². The molecule has 0 bridgehead atoms. The first-order chi connectivity index (χ1) is 17.6. The number of benzene rings is 2. The van der Waals surface area contributed by atoms with Crippen LogP contribution in [-0.4, -0.2) is 26.2 Å². The van der Waals surface area contributed by atoms with Crippen LogP contribution in [0.3, 0.4) is 0 Å².